The lowest BCUT2D eigenvalue weighted by Crippen LogP contribution is -2.54. The minimum absolute atomic E-state index is 0.000654. The van der Waals surface area contributed by atoms with E-state index in [1.165, 1.54) is 0 Å². The molecular weight excluding hydrogens is 192 g/mol. The molecule has 1 aliphatic carbocycles. The number of rotatable bonds is 2. The molecule has 3 N–H and O–H groups in total. The van der Waals surface area contributed by atoms with Crippen LogP contribution in [0.4, 0.5) is 0 Å². The van der Waals surface area contributed by atoms with E-state index in [-0.39, 0.29) is 6.04 Å². The highest BCUT2D eigenvalue weighted by atomic mass is 16.4. The molecule has 0 atom stereocenters. The average Bonchev–Trinajstić information content (AvgIpc) is 2.13. The predicted octanol–water partition coefficient (Wildman–Crippen LogP) is 0.834. The second-order valence-electron chi connectivity index (χ2n) is 4.25. The molecule has 0 amide bonds. The first-order valence-electron chi connectivity index (χ1n) is 4.96. The van der Waals surface area contributed by atoms with Crippen molar-refractivity contribution in [1.29, 1.82) is 0 Å². The van der Waals surface area contributed by atoms with Gasteiger partial charge in [0.2, 0.25) is 0 Å². The van der Waals surface area contributed by atoms with Gasteiger partial charge in [-0.1, -0.05) is 0 Å². The van der Waals surface area contributed by atoms with Crippen molar-refractivity contribution in [1.82, 2.24) is 4.98 Å². The van der Waals surface area contributed by atoms with Crippen LogP contribution in [-0.2, 0) is 10.2 Å². The molecule has 4 nitrogen and oxygen atoms in total. The van der Waals surface area contributed by atoms with Gasteiger partial charge < -0.3 is 10.8 Å². The molecule has 1 fully saturated rings. The maximum atomic E-state index is 11.3. The van der Waals surface area contributed by atoms with E-state index in [1.54, 1.807) is 12.4 Å². The Morgan fingerprint density at radius 2 is 2.33 bits per heavy atom. The maximum absolute atomic E-state index is 11.3. The second-order valence-corrected chi connectivity index (χ2v) is 4.25. The Hall–Kier alpha value is -1.42. The molecule has 0 bridgehead atoms. The fourth-order valence-corrected chi connectivity index (χ4v) is 2.31. The molecule has 0 spiro atoms. The summed E-state index contributed by atoms with van der Waals surface area (Å²) in [6.07, 6.45) is 4.34. The van der Waals surface area contributed by atoms with Gasteiger partial charge in [0.05, 0.1) is 5.41 Å². The largest absolute Gasteiger partial charge is 0.481 e. The first kappa shape index (κ1) is 10.1. The molecule has 1 heterocycles. The molecule has 15 heavy (non-hydrogen) atoms. The van der Waals surface area contributed by atoms with Crippen LogP contribution in [0.2, 0.25) is 0 Å². The van der Waals surface area contributed by atoms with Crippen LogP contribution in [0.3, 0.4) is 0 Å². The zero-order valence-electron chi connectivity index (χ0n) is 8.60. The Labute approximate surface area is 88.1 Å². The number of aliphatic carboxylic acids is 1. The molecule has 2 rings (SSSR count). The highest BCUT2D eigenvalue weighted by molar-refractivity contribution is 5.83. The molecular formula is C11H14N2O2. The van der Waals surface area contributed by atoms with Crippen molar-refractivity contribution < 1.29 is 9.90 Å². The highest BCUT2D eigenvalue weighted by Crippen LogP contribution is 2.44. The van der Waals surface area contributed by atoms with Crippen LogP contribution in [0.1, 0.15) is 24.0 Å². The van der Waals surface area contributed by atoms with Crippen LogP contribution in [0, 0.1) is 6.92 Å². The van der Waals surface area contributed by atoms with Gasteiger partial charge in [-0.15, -0.1) is 0 Å². The first-order chi connectivity index (χ1) is 7.06. The third-order valence-corrected chi connectivity index (χ3v) is 3.19. The quantitative estimate of drug-likeness (QED) is 0.751. The monoisotopic (exact) mass is 206 g/mol. The lowest BCUT2D eigenvalue weighted by molar-refractivity contribution is -0.148. The number of carboxylic acid groups (broad SMARTS) is 1. The van der Waals surface area contributed by atoms with Gasteiger partial charge in [-0.05, 0) is 37.0 Å². The molecule has 0 aliphatic heterocycles. The van der Waals surface area contributed by atoms with Crippen molar-refractivity contribution in [2.24, 2.45) is 5.73 Å². The van der Waals surface area contributed by atoms with E-state index in [0.717, 1.165) is 11.1 Å². The molecule has 0 aromatic carbocycles. The summed E-state index contributed by atoms with van der Waals surface area (Å²) < 4.78 is 0. The highest BCUT2D eigenvalue weighted by Gasteiger charge is 2.51. The molecule has 0 radical (unpaired) electrons. The van der Waals surface area contributed by atoms with Gasteiger partial charge in [0.1, 0.15) is 0 Å². The van der Waals surface area contributed by atoms with E-state index in [4.69, 9.17) is 5.73 Å². The topological polar surface area (TPSA) is 76.2 Å². The van der Waals surface area contributed by atoms with Crippen LogP contribution in [0.25, 0.3) is 0 Å². The summed E-state index contributed by atoms with van der Waals surface area (Å²) >= 11 is 0. The molecule has 80 valence electrons. The molecule has 1 aromatic heterocycles. The van der Waals surface area contributed by atoms with Crippen molar-refractivity contribution >= 4 is 5.97 Å². The van der Waals surface area contributed by atoms with Gasteiger partial charge in [-0.2, -0.15) is 0 Å². The SMILES string of the molecule is Cc1ccncc1C1(C(=O)O)CC(N)C1. The van der Waals surface area contributed by atoms with Crippen LogP contribution in [0.5, 0.6) is 0 Å². The standard InChI is InChI=1S/C11H14N2O2/c1-7-2-3-13-6-9(7)11(10(14)15)4-8(12)5-11/h2-3,6,8H,4-5,12H2,1H3,(H,14,15). The summed E-state index contributed by atoms with van der Waals surface area (Å²) in [6.45, 7) is 1.91. The zero-order chi connectivity index (χ0) is 11.1. The molecule has 1 aromatic rings. The van der Waals surface area contributed by atoms with Crippen molar-refractivity contribution in [3.63, 3.8) is 0 Å². The van der Waals surface area contributed by atoms with Gasteiger partial charge in [0.25, 0.3) is 0 Å². The van der Waals surface area contributed by atoms with Crippen LogP contribution >= 0.6 is 0 Å². The number of carbonyl (C=O) groups is 1. The van der Waals surface area contributed by atoms with E-state index in [2.05, 4.69) is 4.98 Å². The second kappa shape index (κ2) is 3.31. The van der Waals surface area contributed by atoms with Crippen LogP contribution in [-0.4, -0.2) is 22.1 Å². The smallest absolute Gasteiger partial charge is 0.314 e. The van der Waals surface area contributed by atoms with Gasteiger partial charge in [-0.3, -0.25) is 9.78 Å². The number of nitrogens with zero attached hydrogens (tertiary/aromatic N) is 1. The molecule has 0 saturated heterocycles. The van der Waals surface area contributed by atoms with E-state index < -0.39 is 11.4 Å². The lowest BCUT2D eigenvalue weighted by Gasteiger charge is -2.43. The first-order valence-corrected chi connectivity index (χ1v) is 4.96. The summed E-state index contributed by atoms with van der Waals surface area (Å²) in [4.78, 5) is 15.3. The number of carboxylic acids is 1. The lowest BCUT2D eigenvalue weighted by atomic mass is 9.61. The Morgan fingerprint density at radius 1 is 1.67 bits per heavy atom. The predicted molar refractivity (Wildman–Crippen MR) is 55.5 cm³/mol. The Morgan fingerprint density at radius 3 is 2.80 bits per heavy atom. The Kier molecular flexibility index (Phi) is 2.23. The van der Waals surface area contributed by atoms with Gasteiger partial charge in [0.15, 0.2) is 0 Å². The summed E-state index contributed by atoms with van der Waals surface area (Å²) in [5, 5.41) is 9.30. The van der Waals surface area contributed by atoms with Gasteiger partial charge in [-0.25, -0.2) is 0 Å². The summed E-state index contributed by atoms with van der Waals surface area (Å²) in [5.74, 6) is -0.791. The van der Waals surface area contributed by atoms with Crippen molar-refractivity contribution in [3.05, 3.63) is 29.6 Å². The fraction of sp³-hybridized carbons (Fsp3) is 0.455. The minimum Gasteiger partial charge on any atom is -0.481 e. The van der Waals surface area contributed by atoms with E-state index in [0.29, 0.717) is 12.8 Å². The minimum atomic E-state index is -0.794. The Bertz CT molecular complexity index is 397. The van der Waals surface area contributed by atoms with Crippen LogP contribution in [0.15, 0.2) is 18.5 Å². The molecule has 0 unspecified atom stereocenters. The normalized spacial score (nSPS) is 29.6. The van der Waals surface area contributed by atoms with E-state index in [9.17, 15) is 9.90 Å². The number of hydrogen-bond donors (Lipinski definition) is 2. The van der Waals surface area contributed by atoms with Crippen molar-refractivity contribution in [3.8, 4) is 0 Å². The Balaban J connectivity index is 2.43. The number of aromatic nitrogens is 1. The third-order valence-electron chi connectivity index (χ3n) is 3.19. The molecule has 4 heteroatoms. The van der Waals surface area contributed by atoms with Crippen LogP contribution < -0.4 is 5.73 Å². The maximum Gasteiger partial charge on any atom is 0.314 e. The van der Waals surface area contributed by atoms with E-state index in [1.807, 2.05) is 13.0 Å². The number of aryl methyl sites for hydroxylation is 1. The summed E-state index contributed by atoms with van der Waals surface area (Å²) in [6, 6.07) is 1.84. The van der Waals surface area contributed by atoms with Gasteiger partial charge in [0, 0.05) is 18.4 Å². The number of hydrogen-bond acceptors (Lipinski definition) is 3. The summed E-state index contributed by atoms with van der Waals surface area (Å²) in [5.41, 5.74) is 6.68. The average molecular weight is 206 g/mol. The third kappa shape index (κ3) is 1.41. The number of nitrogens with two attached hydrogens (primary N) is 1. The summed E-state index contributed by atoms with van der Waals surface area (Å²) in [7, 11) is 0. The van der Waals surface area contributed by atoms with Crippen molar-refractivity contribution in [2.75, 3.05) is 0 Å². The van der Waals surface area contributed by atoms with E-state index >= 15 is 0 Å². The zero-order valence-corrected chi connectivity index (χ0v) is 8.60. The molecule has 1 saturated carbocycles. The van der Waals surface area contributed by atoms with Gasteiger partial charge >= 0.3 is 5.97 Å². The molecule has 1 aliphatic rings. The number of pyridine rings is 1. The van der Waals surface area contributed by atoms with Crippen molar-refractivity contribution in [2.45, 2.75) is 31.2 Å². The fourth-order valence-electron chi connectivity index (χ4n) is 2.31.